The molecule has 0 aromatic heterocycles. The van der Waals surface area contributed by atoms with Crippen molar-refractivity contribution in [1.82, 2.24) is 5.43 Å². The van der Waals surface area contributed by atoms with Crippen LogP contribution >= 0.6 is 0 Å². The van der Waals surface area contributed by atoms with E-state index < -0.39 is 41.6 Å². The second-order valence-corrected chi connectivity index (χ2v) is 7.42. The summed E-state index contributed by atoms with van der Waals surface area (Å²) in [6.07, 6.45) is -2.04. The molecule has 1 aromatic carbocycles. The molecule has 1 N–H and O–H groups in total. The summed E-state index contributed by atoms with van der Waals surface area (Å²) in [6, 6.07) is 2.71. The molecule has 0 aliphatic heterocycles. The maximum Gasteiger partial charge on any atom is 0.434 e. The fourth-order valence-corrected chi connectivity index (χ4v) is 1.73. The van der Waals surface area contributed by atoms with Gasteiger partial charge in [0.2, 0.25) is 0 Å². The third-order valence-corrected chi connectivity index (χ3v) is 2.57. The third kappa shape index (κ3) is 8.06. The Morgan fingerprint density at radius 1 is 1.04 bits per heavy atom. The first-order valence-electron chi connectivity index (χ1n) is 7.95. The lowest BCUT2D eigenvalue weighted by atomic mass is 10.2. The van der Waals surface area contributed by atoms with Crippen LogP contribution in [0.3, 0.4) is 0 Å². The van der Waals surface area contributed by atoms with E-state index in [0.717, 1.165) is 18.2 Å². The lowest BCUT2D eigenvalue weighted by Gasteiger charge is -2.29. The van der Waals surface area contributed by atoms with Crippen LogP contribution in [0.5, 0.6) is 5.75 Å². The predicted octanol–water partition coefficient (Wildman–Crippen LogP) is 4.61. The second-order valence-electron chi connectivity index (χ2n) is 7.42. The number of hydrogen-bond donors (Lipinski definition) is 1. The zero-order valence-electron chi connectivity index (χ0n) is 15.9. The van der Waals surface area contributed by atoms with Gasteiger partial charge in [-0.2, -0.15) is 13.8 Å². The standard InChI is InChI=1S/C17H23F3N2O5/c1-16(2,3)26-14(23)21-22(15(24)27-17(4,5)6)10-7-8-11(18)12(9-10)25-13(19)20/h7-9,13H,1-6H3,(H,21,23). The topological polar surface area (TPSA) is 77.1 Å². The SMILES string of the molecule is CC(C)(C)OC(=O)NN(C(=O)OC(C)(C)C)c1ccc(F)c(OC(F)F)c1. The van der Waals surface area contributed by atoms with Gasteiger partial charge in [-0.05, 0) is 53.7 Å². The average molecular weight is 392 g/mol. The van der Waals surface area contributed by atoms with E-state index in [1.54, 1.807) is 41.5 Å². The van der Waals surface area contributed by atoms with Crippen molar-refractivity contribution >= 4 is 17.9 Å². The van der Waals surface area contributed by atoms with Crippen LogP contribution in [0.4, 0.5) is 28.4 Å². The molecule has 0 saturated carbocycles. The molecule has 0 aliphatic rings. The fraction of sp³-hybridized carbons (Fsp3) is 0.529. The predicted molar refractivity (Wildman–Crippen MR) is 91.1 cm³/mol. The molecule has 10 heteroatoms. The van der Waals surface area contributed by atoms with Gasteiger partial charge in [0.05, 0.1) is 5.69 Å². The van der Waals surface area contributed by atoms with Gasteiger partial charge in [0, 0.05) is 6.07 Å². The minimum Gasteiger partial charge on any atom is -0.443 e. The van der Waals surface area contributed by atoms with Crippen molar-refractivity contribution in [2.24, 2.45) is 0 Å². The molecular weight excluding hydrogens is 369 g/mol. The summed E-state index contributed by atoms with van der Waals surface area (Å²) in [5, 5.41) is 0.608. The van der Waals surface area contributed by atoms with E-state index in [1.807, 2.05) is 0 Å². The van der Waals surface area contributed by atoms with Gasteiger partial charge >= 0.3 is 18.8 Å². The molecule has 1 rings (SSSR count). The van der Waals surface area contributed by atoms with Crippen molar-refractivity contribution in [2.75, 3.05) is 5.01 Å². The Labute approximate surface area is 155 Å². The number of carbonyl (C=O) groups excluding carboxylic acids is 2. The molecule has 0 heterocycles. The number of hydrazine groups is 1. The minimum absolute atomic E-state index is 0.174. The number of nitrogens with one attached hydrogen (secondary N) is 1. The van der Waals surface area contributed by atoms with Gasteiger partial charge in [0.1, 0.15) is 11.2 Å². The van der Waals surface area contributed by atoms with Gasteiger partial charge in [-0.15, -0.1) is 0 Å². The Morgan fingerprint density at radius 3 is 2.07 bits per heavy atom. The molecule has 0 aliphatic carbocycles. The number of nitrogens with zero attached hydrogens (tertiary/aromatic N) is 1. The van der Waals surface area contributed by atoms with E-state index >= 15 is 0 Å². The van der Waals surface area contributed by atoms with Gasteiger partial charge in [-0.3, -0.25) is 0 Å². The van der Waals surface area contributed by atoms with Crippen LogP contribution < -0.4 is 15.2 Å². The molecule has 2 amide bonds. The van der Waals surface area contributed by atoms with E-state index in [1.165, 1.54) is 0 Å². The van der Waals surface area contributed by atoms with Gasteiger partial charge < -0.3 is 14.2 Å². The molecule has 0 atom stereocenters. The number of hydrogen-bond acceptors (Lipinski definition) is 5. The Hall–Kier alpha value is -2.65. The summed E-state index contributed by atoms with van der Waals surface area (Å²) < 4.78 is 52.8. The third-order valence-electron chi connectivity index (χ3n) is 2.57. The maximum absolute atomic E-state index is 13.6. The summed E-state index contributed by atoms with van der Waals surface area (Å²) in [5.74, 6) is -1.87. The summed E-state index contributed by atoms with van der Waals surface area (Å²) in [6.45, 7) is 6.32. The molecule has 0 spiro atoms. The number of amides is 2. The largest absolute Gasteiger partial charge is 0.443 e. The van der Waals surface area contributed by atoms with Crippen LogP contribution in [-0.2, 0) is 9.47 Å². The maximum atomic E-state index is 13.6. The number of carbonyl (C=O) groups is 2. The van der Waals surface area contributed by atoms with Gasteiger partial charge in [-0.1, -0.05) is 0 Å². The van der Waals surface area contributed by atoms with Crippen LogP contribution in [0, 0.1) is 5.82 Å². The number of anilines is 1. The van der Waals surface area contributed by atoms with E-state index in [0.29, 0.717) is 5.01 Å². The number of ether oxygens (including phenoxy) is 3. The van der Waals surface area contributed by atoms with Crippen LogP contribution in [0.1, 0.15) is 41.5 Å². The normalized spacial score (nSPS) is 11.8. The molecule has 7 nitrogen and oxygen atoms in total. The summed E-state index contributed by atoms with van der Waals surface area (Å²) in [5.41, 5.74) is 0.182. The van der Waals surface area contributed by atoms with Gasteiger partial charge in [0.15, 0.2) is 11.6 Å². The summed E-state index contributed by atoms with van der Waals surface area (Å²) >= 11 is 0. The number of halogens is 3. The lowest BCUT2D eigenvalue weighted by molar-refractivity contribution is -0.0521. The van der Waals surface area contributed by atoms with E-state index in [9.17, 15) is 22.8 Å². The van der Waals surface area contributed by atoms with Crippen LogP contribution in [0.2, 0.25) is 0 Å². The van der Waals surface area contributed by atoms with Crippen molar-refractivity contribution in [3.05, 3.63) is 24.0 Å². The van der Waals surface area contributed by atoms with Crippen LogP contribution in [0.25, 0.3) is 0 Å². The highest BCUT2D eigenvalue weighted by molar-refractivity contribution is 5.91. The highest BCUT2D eigenvalue weighted by atomic mass is 19.3. The Bertz CT molecular complexity index is 684. The Kier molecular flexibility index (Phi) is 6.93. The van der Waals surface area contributed by atoms with Crippen molar-refractivity contribution < 1.29 is 37.0 Å². The van der Waals surface area contributed by atoms with Crippen molar-refractivity contribution in [3.8, 4) is 5.75 Å². The number of rotatable bonds is 3. The molecule has 1 aromatic rings. The van der Waals surface area contributed by atoms with Crippen LogP contribution in [0.15, 0.2) is 18.2 Å². The first-order valence-corrected chi connectivity index (χ1v) is 7.95. The van der Waals surface area contributed by atoms with Crippen molar-refractivity contribution in [1.29, 1.82) is 0 Å². The highest BCUT2D eigenvalue weighted by Gasteiger charge is 2.28. The Morgan fingerprint density at radius 2 is 1.59 bits per heavy atom. The zero-order valence-corrected chi connectivity index (χ0v) is 15.9. The molecule has 0 bridgehead atoms. The fourth-order valence-electron chi connectivity index (χ4n) is 1.73. The Balaban J connectivity index is 3.20. The molecule has 152 valence electrons. The number of alkyl halides is 2. The first-order chi connectivity index (χ1) is 12.2. The minimum atomic E-state index is -3.27. The monoisotopic (exact) mass is 392 g/mol. The molecule has 0 fully saturated rings. The highest BCUT2D eigenvalue weighted by Crippen LogP contribution is 2.26. The molecule has 27 heavy (non-hydrogen) atoms. The van der Waals surface area contributed by atoms with Crippen LogP contribution in [-0.4, -0.2) is 30.0 Å². The van der Waals surface area contributed by atoms with E-state index in [-0.39, 0.29) is 5.69 Å². The second kappa shape index (κ2) is 8.36. The van der Waals surface area contributed by atoms with Crippen molar-refractivity contribution in [3.63, 3.8) is 0 Å². The van der Waals surface area contributed by atoms with Gasteiger partial charge in [0.25, 0.3) is 0 Å². The lowest BCUT2D eigenvalue weighted by Crippen LogP contribution is -2.50. The van der Waals surface area contributed by atoms with E-state index in [2.05, 4.69) is 10.2 Å². The average Bonchev–Trinajstić information content (AvgIpc) is 2.43. The van der Waals surface area contributed by atoms with Gasteiger partial charge in [-0.25, -0.2) is 19.4 Å². The first kappa shape index (κ1) is 22.4. The molecular formula is C17H23F3N2O5. The summed E-state index contributed by atoms with van der Waals surface area (Å²) in [7, 11) is 0. The number of benzene rings is 1. The zero-order chi connectivity index (χ0) is 21.0. The smallest absolute Gasteiger partial charge is 0.434 e. The molecule has 0 radical (unpaired) electrons. The molecule has 0 saturated heterocycles. The van der Waals surface area contributed by atoms with Crippen molar-refractivity contribution in [2.45, 2.75) is 59.4 Å². The summed E-state index contributed by atoms with van der Waals surface area (Å²) in [4.78, 5) is 24.5. The molecule has 0 unspecified atom stereocenters. The van der Waals surface area contributed by atoms with E-state index in [4.69, 9.17) is 9.47 Å². The quantitative estimate of drug-likeness (QED) is 0.761.